The van der Waals surface area contributed by atoms with E-state index in [0.717, 1.165) is 0 Å². The van der Waals surface area contributed by atoms with E-state index in [1.165, 1.54) is 17.7 Å². The van der Waals surface area contributed by atoms with Crippen LogP contribution in [0.25, 0.3) is 0 Å². The van der Waals surface area contributed by atoms with Crippen molar-refractivity contribution in [2.75, 3.05) is 19.7 Å². The summed E-state index contributed by atoms with van der Waals surface area (Å²) in [5.41, 5.74) is 7.41. The van der Waals surface area contributed by atoms with Gasteiger partial charge in [-0.3, -0.25) is 4.79 Å². The summed E-state index contributed by atoms with van der Waals surface area (Å²) in [5.74, 6) is 0.441. The van der Waals surface area contributed by atoms with Gasteiger partial charge in [-0.25, -0.2) is 4.39 Å². The number of rotatable bonds is 6. The lowest BCUT2D eigenvalue weighted by atomic mass is 9.95. The van der Waals surface area contributed by atoms with Gasteiger partial charge in [-0.15, -0.1) is 0 Å². The van der Waals surface area contributed by atoms with Crippen molar-refractivity contribution in [3.8, 4) is 5.75 Å². The number of likely N-dealkylation sites (tertiary alicyclic amines) is 1. The number of hydrogen-bond donors (Lipinski definition) is 1. The van der Waals surface area contributed by atoms with Crippen LogP contribution in [-0.4, -0.2) is 36.5 Å². The van der Waals surface area contributed by atoms with E-state index in [0.29, 0.717) is 38.3 Å². The van der Waals surface area contributed by atoms with Gasteiger partial charge in [0, 0.05) is 37.5 Å². The standard InChI is InChI=1S/C20H23FN2O2/c21-16-8-4-9-17(12-16)25-11-5-10-20(24)23-13-18(19(22)14-23)15-6-2-1-3-7-15/h1-4,6-9,12,18-19H,5,10-11,13-14,22H2/t18-,19+/m0/s1. The molecule has 5 heteroatoms. The highest BCUT2D eigenvalue weighted by atomic mass is 19.1. The van der Waals surface area contributed by atoms with Crippen LogP contribution >= 0.6 is 0 Å². The predicted octanol–water partition coefficient (Wildman–Crippen LogP) is 2.94. The van der Waals surface area contributed by atoms with E-state index in [1.54, 1.807) is 12.1 Å². The van der Waals surface area contributed by atoms with Crippen molar-refractivity contribution in [1.29, 1.82) is 0 Å². The quantitative estimate of drug-likeness (QED) is 0.821. The Kier molecular flexibility index (Phi) is 5.66. The number of ether oxygens (including phenoxy) is 1. The zero-order valence-electron chi connectivity index (χ0n) is 14.1. The molecule has 3 rings (SSSR count). The van der Waals surface area contributed by atoms with Gasteiger partial charge < -0.3 is 15.4 Å². The van der Waals surface area contributed by atoms with E-state index in [-0.39, 0.29) is 23.7 Å². The molecule has 2 aromatic rings. The number of amides is 1. The van der Waals surface area contributed by atoms with Crippen molar-refractivity contribution in [2.24, 2.45) is 5.73 Å². The fourth-order valence-electron chi connectivity index (χ4n) is 3.21. The average molecular weight is 342 g/mol. The van der Waals surface area contributed by atoms with Crippen LogP contribution in [0.1, 0.15) is 24.3 Å². The molecule has 1 amide bonds. The summed E-state index contributed by atoms with van der Waals surface area (Å²) in [7, 11) is 0. The highest BCUT2D eigenvalue weighted by molar-refractivity contribution is 5.76. The zero-order chi connectivity index (χ0) is 17.6. The van der Waals surface area contributed by atoms with Gasteiger partial charge in [0.15, 0.2) is 0 Å². The summed E-state index contributed by atoms with van der Waals surface area (Å²) in [6.45, 7) is 1.63. The maximum atomic E-state index is 13.1. The highest BCUT2D eigenvalue weighted by Gasteiger charge is 2.33. The summed E-state index contributed by atoms with van der Waals surface area (Å²) >= 11 is 0. The third-order valence-corrected chi connectivity index (χ3v) is 4.55. The molecule has 0 aromatic heterocycles. The molecule has 2 N–H and O–H groups in total. The van der Waals surface area contributed by atoms with E-state index >= 15 is 0 Å². The minimum absolute atomic E-state index is 0.0325. The van der Waals surface area contributed by atoms with Crippen LogP contribution in [0.2, 0.25) is 0 Å². The number of carbonyl (C=O) groups is 1. The second-order valence-corrected chi connectivity index (χ2v) is 6.39. The molecule has 0 radical (unpaired) electrons. The normalized spacial score (nSPS) is 19.8. The first-order valence-corrected chi connectivity index (χ1v) is 8.60. The van der Waals surface area contributed by atoms with Crippen LogP contribution in [0.5, 0.6) is 5.75 Å². The van der Waals surface area contributed by atoms with Crippen LogP contribution in [0.3, 0.4) is 0 Å². The minimum Gasteiger partial charge on any atom is -0.493 e. The largest absolute Gasteiger partial charge is 0.493 e. The van der Waals surface area contributed by atoms with Gasteiger partial charge in [0.25, 0.3) is 0 Å². The van der Waals surface area contributed by atoms with E-state index < -0.39 is 0 Å². The van der Waals surface area contributed by atoms with E-state index in [9.17, 15) is 9.18 Å². The SMILES string of the molecule is N[C@@H]1CN(C(=O)CCCOc2cccc(F)c2)C[C@H]1c1ccccc1. The molecule has 0 bridgehead atoms. The van der Waals surface area contributed by atoms with Gasteiger partial charge in [-0.2, -0.15) is 0 Å². The van der Waals surface area contributed by atoms with Crippen LogP contribution in [0, 0.1) is 5.82 Å². The first-order valence-electron chi connectivity index (χ1n) is 8.60. The predicted molar refractivity (Wildman–Crippen MR) is 94.9 cm³/mol. The van der Waals surface area contributed by atoms with Gasteiger partial charge in [-0.05, 0) is 24.1 Å². The van der Waals surface area contributed by atoms with Crippen molar-refractivity contribution >= 4 is 5.91 Å². The maximum Gasteiger partial charge on any atom is 0.222 e. The van der Waals surface area contributed by atoms with Crippen LogP contribution in [0.4, 0.5) is 4.39 Å². The fourth-order valence-corrected chi connectivity index (χ4v) is 3.21. The third-order valence-electron chi connectivity index (χ3n) is 4.55. The lowest BCUT2D eigenvalue weighted by molar-refractivity contribution is -0.130. The molecular weight excluding hydrogens is 319 g/mol. The zero-order valence-corrected chi connectivity index (χ0v) is 14.1. The van der Waals surface area contributed by atoms with Crippen molar-refractivity contribution < 1.29 is 13.9 Å². The molecule has 2 aromatic carbocycles. The second-order valence-electron chi connectivity index (χ2n) is 6.39. The molecule has 132 valence electrons. The molecule has 0 aliphatic carbocycles. The van der Waals surface area contributed by atoms with E-state index in [2.05, 4.69) is 12.1 Å². The van der Waals surface area contributed by atoms with Crippen molar-refractivity contribution in [3.05, 3.63) is 66.0 Å². The second kappa shape index (κ2) is 8.12. The van der Waals surface area contributed by atoms with Crippen molar-refractivity contribution in [3.63, 3.8) is 0 Å². The number of nitrogens with zero attached hydrogens (tertiary/aromatic N) is 1. The molecule has 1 saturated heterocycles. The van der Waals surface area contributed by atoms with Crippen molar-refractivity contribution in [2.45, 2.75) is 24.8 Å². The molecule has 1 heterocycles. The molecule has 2 atom stereocenters. The van der Waals surface area contributed by atoms with Gasteiger partial charge in [-0.1, -0.05) is 36.4 Å². The molecule has 0 saturated carbocycles. The van der Waals surface area contributed by atoms with Gasteiger partial charge in [0.05, 0.1) is 6.61 Å². The molecule has 25 heavy (non-hydrogen) atoms. The summed E-state index contributed by atoms with van der Waals surface area (Å²) in [5, 5.41) is 0. The molecule has 0 unspecified atom stereocenters. The Balaban J connectivity index is 1.44. The summed E-state index contributed by atoms with van der Waals surface area (Å²) < 4.78 is 18.5. The molecule has 1 aliphatic heterocycles. The lowest BCUT2D eigenvalue weighted by Crippen LogP contribution is -2.32. The molecule has 1 aliphatic rings. The Morgan fingerprint density at radius 2 is 1.96 bits per heavy atom. The Bertz CT molecular complexity index is 708. The number of carbonyl (C=O) groups excluding carboxylic acids is 1. The first kappa shape index (κ1) is 17.4. The van der Waals surface area contributed by atoms with Crippen LogP contribution < -0.4 is 10.5 Å². The summed E-state index contributed by atoms with van der Waals surface area (Å²) in [6, 6.07) is 16.1. The average Bonchev–Trinajstić information content (AvgIpc) is 3.01. The number of halogens is 1. The topological polar surface area (TPSA) is 55.6 Å². The molecule has 0 spiro atoms. The number of benzene rings is 2. The lowest BCUT2D eigenvalue weighted by Gasteiger charge is -2.16. The fraction of sp³-hybridized carbons (Fsp3) is 0.350. The van der Waals surface area contributed by atoms with E-state index in [1.807, 2.05) is 23.1 Å². The maximum absolute atomic E-state index is 13.1. The van der Waals surface area contributed by atoms with Crippen LogP contribution in [0.15, 0.2) is 54.6 Å². The Labute approximate surface area is 147 Å². The number of nitrogens with two attached hydrogens (primary N) is 1. The smallest absolute Gasteiger partial charge is 0.222 e. The number of hydrogen-bond acceptors (Lipinski definition) is 3. The highest BCUT2D eigenvalue weighted by Crippen LogP contribution is 2.26. The summed E-state index contributed by atoms with van der Waals surface area (Å²) in [4.78, 5) is 14.2. The van der Waals surface area contributed by atoms with Gasteiger partial charge in [0.2, 0.25) is 5.91 Å². The Hall–Kier alpha value is -2.40. The van der Waals surface area contributed by atoms with Crippen molar-refractivity contribution in [1.82, 2.24) is 4.90 Å². The monoisotopic (exact) mass is 342 g/mol. The Morgan fingerprint density at radius 1 is 1.16 bits per heavy atom. The molecule has 4 nitrogen and oxygen atoms in total. The van der Waals surface area contributed by atoms with Crippen LogP contribution in [-0.2, 0) is 4.79 Å². The Morgan fingerprint density at radius 3 is 2.72 bits per heavy atom. The molecule has 1 fully saturated rings. The third kappa shape index (κ3) is 4.57. The summed E-state index contributed by atoms with van der Waals surface area (Å²) in [6.07, 6.45) is 1.00. The van der Waals surface area contributed by atoms with Gasteiger partial charge >= 0.3 is 0 Å². The minimum atomic E-state index is -0.327. The molecular formula is C20H23FN2O2. The first-order chi connectivity index (χ1) is 12.1. The van der Waals surface area contributed by atoms with E-state index in [4.69, 9.17) is 10.5 Å². The van der Waals surface area contributed by atoms with Gasteiger partial charge in [0.1, 0.15) is 11.6 Å².